The van der Waals surface area contributed by atoms with Crippen molar-refractivity contribution in [3.63, 3.8) is 0 Å². The van der Waals surface area contributed by atoms with Crippen LogP contribution in [0.4, 0.5) is 5.69 Å². The summed E-state index contributed by atoms with van der Waals surface area (Å²) >= 11 is 0. The molecule has 1 fully saturated rings. The van der Waals surface area contributed by atoms with Gasteiger partial charge in [-0.15, -0.1) is 0 Å². The van der Waals surface area contributed by atoms with Gasteiger partial charge >= 0.3 is 0 Å². The third-order valence-corrected chi connectivity index (χ3v) is 5.09. The summed E-state index contributed by atoms with van der Waals surface area (Å²) in [5, 5.41) is 3.16. The number of nitrogens with one attached hydrogen (secondary N) is 1. The molecule has 1 aromatic carbocycles. The lowest BCUT2D eigenvalue weighted by Crippen LogP contribution is -2.65. The number of nitrogens with zero attached hydrogens (tertiary/aromatic N) is 1. The average molecular weight is 266 g/mol. The molecule has 18 heavy (non-hydrogen) atoms. The zero-order valence-electron chi connectivity index (χ0n) is 9.96. The van der Waals surface area contributed by atoms with Crippen LogP contribution in [0.2, 0.25) is 0 Å². The van der Waals surface area contributed by atoms with E-state index in [-0.39, 0.29) is 11.5 Å². The molecule has 1 unspecified atom stereocenters. The van der Waals surface area contributed by atoms with Crippen molar-refractivity contribution in [2.45, 2.75) is 11.5 Å². The minimum atomic E-state index is -3.17. The second-order valence-corrected chi connectivity index (χ2v) is 6.97. The van der Waals surface area contributed by atoms with Gasteiger partial charge in [0, 0.05) is 18.8 Å². The summed E-state index contributed by atoms with van der Waals surface area (Å²) in [4.78, 5) is 11.2. The van der Waals surface area contributed by atoms with Gasteiger partial charge in [0.25, 0.3) is 0 Å². The number of aldehydes is 1. The maximum Gasteiger partial charge on any atom is 0.211 e. The van der Waals surface area contributed by atoms with Crippen LogP contribution in [-0.2, 0) is 20.2 Å². The summed E-state index contributed by atoms with van der Waals surface area (Å²) in [6, 6.07) is 7.36. The maximum absolute atomic E-state index is 11.5. The van der Waals surface area contributed by atoms with Crippen LogP contribution < -0.4 is 5.32 Å². The molecule has 1 atom stereocenters. The fourth-order valence-corrected chi connectivity index (χ4v) is 3.80. The Bertz CT molecular complexity index is 606. The van der Waals surface area contributed by atoms with Crippen molar-refractivity contribution in [3.8, 4) is 0 Å². The zero-order valence-corrected chi connectivity index (χ0v) is 10.8. The van der Waals surface area contributed by atoms with E-state index in [0.717, 1.165) is 17.5 Å². The predicted molar refractivity (Wildman–Crippen MR) is 68.0 cm³/mol. The molecular weight excluding hydrogens is 252 g/mol. The van der Waals surface area contributed by atoms with Gasteiger partial charge in [-0.3, -0.25) is 0 Å². The Labute approximate surface area is 106 Å². The molecule has 0 amide bonds. The number of carbonyl (C=O) groups excluding carboxylic acids is 1. The lowest BCUT2D eigenvalue weighted by atomic mass is 9.72. The molecule has 2 aliphatic rings. The second-order valence-electron chi connectivity index (χ2n) is 4.99. The Morgan fingerprint density at radius 1 is 1.39 bits per heavy atom. The number of sulfonamides is 1. The predicted octanol–water partition coefficient (Wildman–Crippen LogP) is 0.193. The molecular formula is C12H14N2O3S. The SMILES string of the molecule is CS(=O)(=O)N1CC2(C1)c1ccccc1NC2C=O. The Morgan fingerprint density at radius 2 is 2.06 bits per heavy atom. The molecule has 0 radical (unpaired) electrons. The van der Waals surface area contributed by atoms with Crippen LogP contribution in [0.5, 0.6) is 0 Å². The maximum atomic E-state index is 11.5. The van der Waals surface area contributed by atoms with Crippen LogP contribution in [0.3, 0.4) is 0 Å². The standard InChI is InChI=1S/C12H14N2O3S/c1-18(16,17)14-7-12(8-14)9-4-2-3-5-10(9)13-11(12)6-15/h2-6,11,13H,7-8H2,1H3. The van der Waals surface area contributed by atoms with Gasteiger partial charge in [-0.25, -0.2) is 12.7 Å². The van der Waals surface area contributed by atoms with Crippen molar-refractivity contribution in [1.29, 1.82) is 0 Å². The first kappa shape index (κ1) is 11.7. The molecule has 0 saturated carbocycles. The number of hydrogen-bond donors (Lipinski definition) is 1. The average Bonchev–Trinajstić information content (AvgIpc) is 2.59. The highest BCUT2D eigenvalue weighted by molar-refractivity contribution is 7.88. The molecule has 0 aromatic heterocycles. The van der Waals surface area contributed by atoms with Gasteiger partial charge in [0.1, 0.15) is 6.29 Å². The van der Waals surface area contributed by atoms with E-state index >= 15 is 0 Å². The molecule has 1 spiro atoms. The van der Waals surface area contributed by atoms with Crippen molar-refractivity contribution in [3.05, 3.63) is 29.8 Å². The summed E-state index contributed by atoms with van der Waals surface area (Å²) in [5.41, 5.74) is 1.59. The van der Waals surface area contributed by atoms with E-state index in [0.29, 0.717) is 13.1 Å². The van der Waals surface area contributed by atoms with Crippen LogP contribution in [0.25, 0.3) is 0 Å². The third kappa shape index (κ3) is 1.42. The summed E-state index contributed by atoms with van der Waals surface area (Å²) in [7, 11) is -3.17. The van der Waals surface area contributed by atoms with Crippen molar-refractivity contribution >= 4 is 22.0 Å². The van der Waals surface area contributed by atoms with Crippen molar-refractivity contribution in [2.24, 2.45) is 0 Å². The van der Waals surface area contributed by atoms with Gasteiger partial charge in [0.15, 0.2) is 0 Å². The van der Waals surface area contributed by atoms with Crippen molar-refractivity contribution in [2.75, 3.05) is 24.7 Å². The smallest absolute Gasteiger partial charge is 0.211 e. The first-order valence-electron chi connectivity index (χ1n) is 5.74. The first-order chi connectivity index (χ1) is 8.47. The molecule has 1 saturated heterocycles. The van der Waals surface area contributed by atoms with Gasteiger partial charge in [-0.2, -0.15) is 0 Å². The highest BCUT2D eigenvalue weighted by atomic mass is 32.2. The fraction of sp³-hybridized carbons (Fsp3) is 0.417. The fourth-order valence-electron chi connectivity index (χ4n) is 2.87. The molecule has 6 heteroatoms. The van der Waals surface area contributed by atoms with Crippen LogP contribution >= 0.6 is 0 Å². The van der Waals surface area contributed by atoms with Gasteiger partial charge in [-0.05, 0) is 11.6 Å². The third-order valence-electron chi connectivity index (χ3n) is 3.89. The summed E-state index contributed by atoms with van der Waals surface area (Å²) < 4.78 is 24.4. The summed E-state index contributed by atoms with van der Waals surface area (Å²) in [6.45, 7) is 0.749. The minimum Gasteiger partial charge on any atom is -0.374 e. The van der Waals surface area contributed by atoms with Crippen LogP contribution in [0, 0.1) is 0 Å². The number of carbonyl (C=O) groups is 1. The topological polar surface area (TPSA) is 66.5 Å². The molecule has 0 bridgehead atoms. The number of fused-ring (bicyclic) bond motifs is 2. The monoisotopic (exact) mass is 266 g/mol. The van der Waals surface area contributed by atoms with E-state index in [2.05, 4.69) is 5.32 Å². The van der Waals surface area contributed by atoms with E-state index in [1.807, 2.05) is 24.3 Å². The number of para-hydroxylation sites is 1. The number of anilines is 1. The quantitative estimate of drug-likeness (QED) is 0.776. The highest BCUT2D eigenvalue weighted by Gasteiger charge is 2.56. The molecule has 0 aliphatic carbocycles. The lowest BCUT2D eigenvalue weighted by Gasteiger charge is -2.48. The largest absolute Gasteiger partial charge is 0.374 e. The van der Waals surface area contributed by atoms with Crippen LogP contribution in [0.1, 0.15) is 5.56 Å². The van der Waals surface area contributed by atoms with Gasteiger partial charge in [0.2, 0.25) is 10.0 Å². The van der Waals surface area contributed by atoms with E-state index < -0.39 is 10.0 Å². The lowest BCUT2D eigenvalue weighted by molar-refractivity contribution is -0.110. The number of hydrogen-bond acceptors (Lipinski definition) is 4. The summed E-state index contributed by atoms with van der Waals surface area (Å²) in [5.74, 6) is 0. The molecule has 2 heterocycles. The van der Waals surface area contributed by atoms with E-state index in [1.54, 1.807) is 0 Å². The zero-order chi connectivity index (χ0) is 13.0. The van der Waals surface area contributed by atoms with E-state index in [4.69, 9.17) is 0 Å². The molecule has 2 aliphatic heterocycles. The van der Waals surface area contributed by atoms with Crippen molar-refractivity contribution < 1.29 is 13.2 Å². The van der Waals surface area contributed by atoms with E-state index in [1.165, 1.54) is 10.6 Å². The van der Waals surface area contributed by atoms with Crippen LogP contribution in [0.15, 0.2) is 24.3 Å². The Morgan fingerprint density at radius 3 is 2.67 bits per heavy atom. The Kier molecular flexibility index (Phi) is 2.30. The molecule has 5 nitrogen and oxygen atoms in total. The number of benzene rings is 1. The minimum absolute atomic E-state index is 0.340. The molecule has 1 N–H and O–H groups in total. The molecule has 96 valence electrons. The molecule has 3 rings (SSSR count). The van der Waals surface area contributed by atoms with E-state index in [9.17, 15) is 13.2 Å². The Balaban J connectivity index is 1.99. The van der Waals surface area contributed by atoms with Crippen LogP contribution in [-0.4, -0.2) is 44.4 Å². The Hall–Kier alpha value is -1.40. The van der Waals surface area contributed by atoms with Gasteiger partial charge < -0.3 is 10.1 Å². The normalized spacial score (nSPS) is 25.3. The van der Waals surface area contributed by atoms with Crippen molar-refractivity contribution in [1.82, 2.24) is 4.31 Å². The van der Waals surface area contributed by atoms with Gasteiger partial charge in [0.05, 0.1) is 17.7 Å². The number of rotatable bonds is 2. The first-order valence-corrected chi connectivity index (χ1v) is 7.59. The summed E-state index contributed by atoms with van der Waals surface area (Å²) in [6.07, 6.45) is 2.07. The highest BCUT2D eigenvalue weighted by Crippen LogP contribution is 2.47. The molecule has 1 aromatic rings. The van der Waals surface area contributed by atoms with Gasteiger partial charge in [-0.1, -0.05) is 18.2 Å². The second kappa shape index (κ2) is 3.55.